The summed E-state index contributed by atoms with van der Waals surface area (Å²) >= 11 is 0. The Morgan fingerprint density at radius 1 is 1.11 bits per heavy atom. The van der Waals surface area contributed by atoms with Crippen molar-refractivity contribution < 1.29 is 13.2 Å². The zero-order chi connectivity index (χ0) is 19.3. The molecule has 0 radical (unpaired) electrons. The molecule has 2 heterocycles. The van der Waals surface area contributed by atoms with Crippen LogP contribution in [0.5, 0.6) is 0 Å². The van der Waals surface area contributed by atoms with E-state index in [9.17, 15) is 13.2 Å². The maximum atomic E-state index is 13.0. The highest BCUT2D eigenvalue weighted by molar-refractivity contribution is 7.89. The lowest BCUT2D eigenvalue weighted by Gasteiger charge is -2.21. The second kappa shape index (κ2) is 8.63. The van der Waals surface area contributed by atoms with Gasteiger partial charge in [0.05, 0.1) is 4.90 Å². The van der Waals surface area contributed by atoms with Gasteiger partial charge in [-0.15, -0.1) is 0 Å². The van der Waals surface area contributed by atoms with E-state index in [1.807, 2.05) is 12.1 Å². The van der Waals surface area contributed by atoms with Crippen molar-refractivity contribution in [1.82, 2.24) is 14.2 Å². The summed E-state index contributed by atoms with van der Waals surface area (Å²) in [4.78, 5) is 18.6. The SMILES string of the molecule is CN(Cc1cccnc1)C(=O)c1cccc(S(=O)(=O)N2CCCCCC2)c1. The van der Waals surface area contributed by atoms with E-state index in [2.05, 4.69) is 4.98 Å². The maximum Gasteiger partial charge on any atom is 0.253 e. The molecule has 1 saturated heterocycles. The first-order valence-corrected chi connectivity index (χ1v) is 10.7. The second-order valence-corrected chi connectivity index (χ2v) is 8.81. The van der Waals surface area contributed by atoms with Crippen molar-refractivity contribution in [3.8, 4) is 0 Å². The van der Waals surface area contributed by atoms with Gasteiger partial charge in [-0.3, -0.25) is 9.78 Å². The number of hydrogen-bond donors (Lipinski definition) is 0. The largest absolute Gasteiger partial charge is 0.337 e. The molecule has 1 amide bonds. The summed E-state index contributed by atoms with van der Waals surface area (Å²) in [5.74, 6) is -0.216. The van der Waals surface area contributed by atoms with Crippen LogP contribution in [-0.4, -0.2) is 48.7 Å². The highest BCUT2D eigenvalue weighted by Crippen LogP contribution is 2.21. The summed E-state index contributed by atoms with van der Waals surface area (Å²) in [6, 6.07) is 10.1. The highest BCUT2D eigenvalue weighted by Gasteiger charge is 2.26. The van der Waals surface area contributed by atoms with E-state index in [0.717, 1.165) is 31.2 Å². The Balaban J connectivity index is 1.79. The molecule has 0 aliphatic carbocycles. The van der Waals surface area contributed by atoms with Crippen molar-refractivity contribution in [1.29, 1.82) is 0 Å². The molecule has 7 heteroatoms. The Kier molecular flexibility index (Phi) is 6.23. The number of hydrogen-bond acceptors (Lipinski definition) is 4. The number of benzene rings is 1. The quantitative estimate of drug-likeness (QED) is 0.791. The molecule has 3 rings (SSSR count). The van der Waals surface area contributed by atoms with Gasteiger partial charge in [-0.1, -0.05) is 25.0 Å². The third-order valence-corrected chi connectivity index (χ3v) is 6.67. The fourth-order valence-corrected chi connectivity index (χ4v) is 4.84. The molecule has 2 aromatic rings. The molecule has 27 heavy (non-hydrogen) atoms. The molecule has 1 aromatic carbocycles. The molecule has 0 saturated carbocycles. The number of carbonyl (C=O) groups is 1. The normalized spacial score (nSPS) is 15.9. The van der Waals surface area contributed by atoms with Crippen LogP contribution < -0.4 is 0 Å². The molecule has 0 spiro atoms. The van der Waals surface area contributed by atoms with Crippen molar-refractivity contribution in [2.24, 2.45) is 0 Å². The van der Waals surface area contributed by atoms with Crippen LogP contribution in [0.15, 0.2) is 53.7 Å². The summed E-state index contributed by atoms with van der Waals surface area (Å²) in [7, 11) is -1.87. The average Bonchev–Trinajstić information content (AvgIpc) is 2.98. The summed E-state index contributed by atoms with van der Waals surface area (Å²) < 4.78 is 27.5. The van der Waals surface area contributed by atoms with E-state index >= 15 is 0 Å². The van der Waals surface area contributed by atoms with Gasteiger partial charge in [0.1, 0.15) is 0 Å². The van der Waals surface area contributed by atoms with Gasteiger partial charge in [0.25, 0.3) is 5.91 Å². The maximum absolute atomic E-state index is 13.0. The third kappa shape index (κ3) is 4.73. The van der Waals surface area contributed by atoms with Gasteiger partial charge in [0, 0.05) is 44.6 Å². The Bertz CT molecular complexity index is 876. The lowest BCUT2D eigenvalue weighted by atomic mass is 10.2. The van der Waals surface area contributed by atoms with Gasteiger partial charge in [-0.05, 0) is 42.7 Å². The molecule has 1 aliphatic heterocycles. The summed E-state index contributed by atoms with van der Waals surface area (Å²) in [6.45, 7) is 1.50. The molecule has 0 unspecified atom stereocenters. The minimum Gasteiger partial charge on any atom is -0.337 e. The summed E-state index contributed by atoms with van der Waals surface area (Å²) in [5.41, 5.74) is 1.29. The van der Waals surface area contributed by atoms with Crippen LogP contribution in [0.3, 0.4) is 0 Å². The van der Waals surface area contributed by atoms with Crippen LogP contribution in [0.4, 0.5) is 0 Å². The number of sulfonamides is 1. The van der Waals surface area contributed by atoms with Gasteiger partial charge in [-0.2, -0.15) is 4.31 Å². The summed E-state index contributed by atoms with van der Waals surface area (Å²) in [5, 5.41) is 0. The smallest absolute Gasteiger partial charge is 0.253 e. The van der Waals surface area contributed by atoms with Crippen LogP contribution in [0.1, 0.15) is 41.6 Å². The lowest BCUT2D eigenvalue weighted by molar-refractivity contribution is 0.0784. The van der Waals surface area contributed by atoms with E-state index in [1.165, 1.54) is 6.07 Å². The molecule has 0 N–H and O–H groups in total. The molecule has 1 aromatic heterocycles. The van der Waals surface area contributed by atoms with E-state index in [0.29, 0.717) is 25.2 Å². The number of rotatable bonds is 5. The average molecular weight is 388 g/mol. The van der Waals surface area contributed by atoms with E-state index in [-0.39, 0.29) is 10.8 Å². The van der Waals surface area contributed by atoms with Crippen molar-refractivity contribution in [2.75, 3.05) is 20.1 Å². The second-order valence-electron chi connectivity index (χ2n) is 6.87. The number of nitrogens with zero attached hydrogens (tertiary/aromatic N) is 3. The van der Waals surface area contributed by atoms with Crippen LogP contribution >= 0.6 is 0 Å². The molecule has 0 atom stereocenters. The minimum atomic E-state index is -3.57. The zero-order valence-electron chi connectivity index (χ0n) is 15.5. The third-order valence-electron chi connectivity index (χ3n) is 4.77. The molecule has 0 bridgehead atoms. The van der Waals surface area contributed by atoms with Gasteiger partial charge in [0.2, 0.25) is 10.0 Å². The Morgan fingerprint density at radius 2 is 1.85 bits per heavy atom. The monoisotopic (exact) mass is 387 g/mol. The first-order chi connectivity index (χ1) is 13.0. The number of carbonyl (C=O) groups excluding carboxylic acids is 1. The Hall–Kier alpha value is -2.25. The molecule has 1 fully saturated rings. The van der Waals surface area contributed by atoms with E-state index in [1.54, 1.807) is 46.8 Å². The summed E-state index contributed by atoms with van der Waals surface area (Å²) in [6.07, 6.45) is 7.28. The zero-order valence-corrected chi connectivity index (χ0v) is 16.4. The van der Waals surface area contributed by atoms with Crippen LogP contribution in [0.2, 0.25) is 0 Å². The topological polar surface area (TPSA) is 70.6 Å². The van der Waals surface area contributed by atoms with Crippen molar-refractivity contribution in [2.45, 2.75) is 37.1 Å². The van der Waals surface area contributed by atoms with Crippen LogP contribution in [-0.2, 0) is 16.6 Å². The molecule has 144 valence electrons. The minimum absolute atomic E-state index is 0.185. The molecular weight excluding hydrogens is 362 g/mol. The lowest BCUT2D eigenvalue weighted by Crippen LogP contribution is -2.32. The Morgan fingerprint density at radius 3 is 2.52 bits per heavy atom. The number of aromatic nitrogens is 1. The van der Waals surface area contributed by atoms with Crippen molar-refractivity contribution >= 4 is 15.9 Å². The first-order valence-electron chi connectivity index (χ1n) is 9.23. The fourth-order valence-electron chi connectivity index (χ4n) is 3.28. The number of pyridine rings is 1. The highest BCUT2D eigenvalue weighted by atomic mass is 32.2. The van der Waals surface area contributed by atoms with E-state index in [4.69, 9.17) is 0 Å². The molecule has 1 aliphatic rings. The van der Waals surface area contributed by atoms with Gasteiger partial charge in [-0.25, -0.2) is 8.42 Å². The van der Waals surface area contributed by atoms with Gasteiger partial charge < -0.3 is 4.90 Å². The van der Waals surface area contributed by atoms with Crippen LogP contribution in [0.25, 0.3) is 0 Å². The predicted octanol–water partition coefficient (Wildman–Crippen LogP) is 2.92. The molecule has 6 nitrogen and oxygen atoms in total. The predicted molar refractivity (Wildman–Crippen MR) is 104 cm³/mol. The first kappa shape index (κ1) is 19.5. The van der Waals surface area contributed by atoms with Crippen LogP contribution in [0, 0.1) is 0 Å². The van der Waals surface area contributed by atoms with E-state index < -0.39 is 10.0 Å². The fraction of sp³-hybridized carbons (Fsp3) is 0.400. The standard InChI is InChI=1S/C20H25N3O3S/c1-22(16-17-8-7-11-21-15-17)20(24)18-9-6-10-19(14-18)27(25,26)23-12-4-2-3-5-13-23/h6-11,14-15H,2-5,12-13,16H2,1H3. The van der Waals surface area contributed by atoms with Gasteiger partial charge >= 0.3 is 0 Å². The van der Waals surface area contributed by atoms with Gasteiger partial charge in [0.15, 0.2) is 0 Å². The molecular formula is C20H25N3O3S. The van der Waals surface area contributed by atoms with Crippen molar-refractivity contribution in [3.63, 3.8) is 0 Å². The Labute approximate surface area is 160 Å². The number of amides is 1. The van der Waals surface area contributed by atoms with Crippen molar-refractivity contribution in [3.05, 3.63) is 59.9 Å².